The SMILES string of the molecule is CN(C)CCNC1CCCC1(C)C. The molecule has 1 saturated carbocycles. The Bertz CT molecular complexity index is 152. The van der Waals surface area contributed by atoms with Crippen molar-refractivity contribution in [3.05, 3.63) is 0 Å². The van der Waals surface area contributed by atoms with Gasteiger partial charge in [-0.3, -0.25) is 0 Å². The van der Waals surface area contributed by atoms with Crippen molar-refractivity contribution < 1.29 is 0 Å². The molecule has 0 amide bonds. The lowest BCUT2D eigenvalue weighted by atomic mass is 9.87. The highest BCUT2D eigenvalue weighted by Crippen LogP contribution is 2.36. The summed E-state index contributed by atoms with van der Waals surface area (Å²) in [4.78, 5) is 2.23. The van der Waals surface area contributed by atoms with Crippen LogP contribution in [0.1, 0.15) is 33.1 Å². The van der Waals surface area contributed by atoms with Crippen LogP contribution < -0.4 is 5.32 Å². The summed E-state index contributed by atoms with van der Waals surface area (Å²) in [5.41, 5.74) is 0.520. The van der Waals surface area contributed by atoms with Gasteiger partial charge >= 0.3 is 0 Å². The third kappa shape index (κ3) is 3.28. The van der Waals surface area contributed by atoms with E-state index >= 15 is 0 Å². The van der Waals surface area contributed by atoms with Crippen molar-refractivity contribution in [1.82, 2.24) is 10.2 Å². The van der Waals surface area contributed by atoms with E-state index in [1.54, 1.807) is 0 Å². The molecule has 0 spiro atoms. The molecule has 2 nitrogen and oxygen atoms in total. The average Bonchev–Trinajstić information content (AvgIpc) is 2.30. The molecule has 0 aromatic carbocycles. The fraction of sp³-hybridized carbons (Fsp3) is 1.00. The van der Waals surface area contributed by atoms with E-state index in [1.165, 1.54) is 19.3 Å². The smallest absolute Gasteiger partial charge is 0.0119 e. The first-order valence-corrected chi connectivity index (χ1v) is 5.40. The highest BCUT2D eigenvalue weighted by Gasteiger charge is 2.33. The van der Waals surface area contributed by atoms with Crippen LogP contribution >= 0.6 is 0 Å². The second-order valence-electron chi connectivity index (χ2n) is 5.19. The fourth-order valence-electron chi connectivity index (χ4n) is 2.17. The Labute approximate surface area is 82.7 Å². The molecule has 0 aromatic rings. The molecule has 1 unspecified atom stereocenters. The van der Waals surface area contributed by atoms with Crippen LogP contribution in [-0.2, 0) is 0 Å². The third-order valence-electron chi connectivity index (χ3n) is 3.21. The lowest BCUT2D eigenvalue weighted by Crippen LogP contribution is -2.40. The van der Waals surface area contributed by atoms with Gasteiger partial charge < -0.3 is 10.2 Å². The molecule has 0 bridgehead atoms. The van der Waals surface area contributed by atoms with Crippen LogP contribution in [0.25, 0.3) is 0 Å². The van der Waals surface area contributed by atoms with Gasteiger partial charge in [0.15, 0.2) is 0 Å². The lowest BCUT2D eigenvalue weighted by Gasteiger charge is -2.28. The number of nitrogens with one attached hydrogen (secondary N) is 1. The van der Waals surface area contributed by atoms with Gasteiger partial charge in [-0.15, -0.1) is 0 Å². The predicted octanol–water partition coefficient (Wildman–Crippen LogP) is 1.72. The Morgan fingerprint density at radius 2 is 2.08 bits per heavy atom. The molecule has 0 radical (unpaired) electrons. The molecule has 2 heteroatoms. The summed E-state index contributed by atoms with van der Waals surface area (Å²) in [5.74, 6) is 0. The lowest BCUT2D eigenvalue weighted by molar-refractivity contribution is 0.273. The molecule has 1 N–H and O–H groups in total. The molecule has 0 aliphatic heterocycles. The number of hydrogen-bond donors (Lipinski definition) is 1. The Morgan fingerprint density at radius 3 is 2.54 bits per heavy atom. The van der Waals surface area contributed by atoms with Crippen LogP contribution in [0, 0.1) is 5.41 Å². The third-order valence-corrected chi connectivity index (χ3v) is 3.21. The van der Waals surface area contributed by atoms with E-state index in [4.69, 9.17) is 0 Å². The van der Waals surface area contributed by atoms with E-state index in [2.05, 4.69) is 38.2 Å². The number of nitrogens with zero attached hydrogens (tertiary/aromatic N) is 1. The number of hydrogen-bond acceptors (Lipinski definition) is 2. The summed E-state index contributed by atoms with van der Waals surface area (Å²) in [6.45, 7) is 7.04. The van der Waals surface area contributed by atoms with Gasteiger partial charge in [-0.1, -0.05) is 20.3 Å². The predicted molar refractivity (Wildman–Crippen MR) is 58.0 cm³/mol. The van der Waals surface area contributed by atoms with E-state index in [0.717, 1.165) is 19.1 Å². The molecule has 1 fully saturated rings. The monoisotopic (exact) mass is 184 g/mol. The van der Waals surface area contributed by atoms with E-state index in [9.17, 15) is 0 Å². The van der Waals surface area contributed by atoms with Crippen LogP contribution in [0.3, 0.4) is 0 Å². The van der Waals surface area contributed by atoms with Gasteiger partial charge in [-0.2, -0.15) is 0 Å². The summed E-state index contributed by atoms with van der Waals surface area (Å²) in [7, 11) is 4.25. The van der Waals surface area contributed by atoms with E-state index in [1.807, 2.05) is 0 Å². The molecule has 0 saturated heterocycles. The maximum atomic E-state index is 3.66. The molecule has 78 valence electrons. The summed E-state index contributed by atoms with van der Waals surface area (Å²) < 4.78 is 0. The molecule has 1 rings (SSSR count). The fourth-order valence-corrected chi connectivity index (χ4v) is 2.17. The zero-order valence-electron chi connectivity index (χ0n) is 9.56. The molecular formula is C11H24N2. The minimum Gasteiger partial charge on any atom is -0.312 e. The van der Waals surface area contributed by atoms with Gasteiger partial charge in [0, 0.05) is 19.1 Å². The average molecular weight is 184 g/mol. The molecule has 1 atom stereocenters. The zero-order chi connectivity index (χ0) is 9.90. The molecule has 1 aliphatic carbocycles. The first-order chi connectivity index (χ1) is 6.02. The Hall–Kier alpha value is -0.0800. The van der Waals surface area contributed by atoms with E-state index in [0.29, 0.717) is 5.41 Å². The summed E-state index contributed by atoms with van der Waals surface area (Å²) in [6.07, 6.45) is 4.14. The maximum Gasteiger partial charge on any atom is 0.0119 e. The number of rotatable bonds is 4. The van der Waals surface area contributed by atoms with Crippen LogP contribution in [0.15, 0.2) is 0 Å². The van der Waals surface area contributed by atoms with Gasteiger partial charge in [0.05, 0.1) is 0 Å². The van der Waals surface area contributed by atoms with Gasteiger partial charge in [-0.05, 0) is 32.4 Å². The molecule has 0 aromatic heterocycles. The first kappa shape index (κ1) is 11.0. The Kier molecular flexibility index (Phi) is 3.74. The van der Waals surface area contributed by atoms with Gasteiger partial charge in [0.1, 0.15) is 0 Å². The Morgan fingerprint density at radius 1 is 1.38 bits per heavy atom. The minimum atomic E-state index is 0.520. The highest BCUT2D eigenvalue weighted by molar-refractivity contribution is 4.89. The van der Waals surface area contributed by atoms with Gasteiger partial charge in [-0.25, -0.2) is 0 Å². The minimum absolute atomic E-state index is 0.520. The van der Waals surface area contributed by atoms with Crippen LogP contribution in [0.4, 0.5) is 0 Å². The van der Waals surface area contributed by atoms with Crippen molar-refractivity contribution in [2.24, 2.45) is 5.41 Å². The van der Waals surface area contributed by atoms with Crippen molar-refractivity contribution in [3.8, 4) is 0 Å². The van der Waals surface area contributed by atoms with Crippen molar-refractivity contribution in [3.63, 3.8) is 0 Å². The standard InChI is InChI=1S/C11H24N2/c1-11(2)7-5-6-10(11)12-8-9-13(3)4/h10,12H,5-9H2,1-4H3. The summed E-state index contributed by atoms with van der Waals surface area (Å²) in [6, 6.07) is 0.743. The van der Waals surface area contributed by atoms with Gasteiger partial charge in [0.25, 0.3) is 0 Å². The van der Waals surface area contributed by atoms with E-state index < -0.39 is 0 Å². The number of likely N-dealkylation sites (N-methyl/N-ethyl adjacent to an activating group) is 1. The molecule has 1 aliphatic rings. The van der Waals surface area contributed by atoms with Crippen molar-refractivity contribution in [2.45, 2.75) is 39.2 Å². The second-order valence-corrected chi connectivity index (χ2v) is 5.19. The summed E-state index contributed by atoms with van der Waals surface area (Å²) >= 11 is 0. The summed E-state index contributed by atoms with van der Waals surface area (Å²) in [5, 5.41) is 3.66. The Balaban J connectivity index is 2.21. The largest absolute Gasteiger partial charge is 0.312 e. The van der Waals surface area contributed by atoms with Crippen molar-refractivity contribution in [2.75, 3.05) is 27.2 Å². The second kappa shape index (κ2) is 4.43. The van der Waals surface area contributed by atoms with Crippen LogP contribution in [0.2, 0.25) is 0 Å². The molecule has 13 heavy (non-hydrogen) atoms. The van der Waals surface area contributed by atoms with Crippen LogP contribution in [-0.4, -0.2) is 38.1 Å². The first-order valence-electron chi connectivity index (χ1n) is 5.40. The highest BCUT2D eigenvalue weighted by atomic mass is 15.1. The van der Waals surface area contributed by atoms with Gasteiger partial charge in [0.2, 0.25) is 0 Å². The normalized spacial score (nSPS) is 27.0. The topological polar surface area (TPSA) is 15.3 Å². The zero-order valence-corrected chi connectivity index (χ0v) is 9.56. The van der Waals surface area contributed by atoms with Crippen LogP contribution in [0.5, 0.6) is 0 Å². The van der Waals surface area contributed by atoms with Crippen molar-refractivity contribution in [1.29, 1.82) is 0 Å². The quantitative estimate of drug-likeness (QED) is 0.715. The van der Waals surface area contributed by atoms with Crippen molar-refractivity contribution >= 4 is 0 Å². The maximum absolute atomic E-state index is 3.66. The van der Waals surface area contributed by atoms with E-state index in [-0.39, 0.29) is 0 Å². The molecular weight excluding hydrogens is 160 g/mol. The molecule has 0 heterocycles.